The molecule has 1 aromatic carbocycles. The smallest absolute Gasteiger partial charge is 0.407 e. The van der Waals surface area contributed by atoms with Crippen LogP contribution in [0.5, 0.6) is 5.75 Å². The van der Waals surface area contributed by atoms with Crippen molar-refractivity contribution in [2.75, 3.05) is 7.11 Å². The molecule has 0 fully saturated rings. The van der Waals surface area contributed by atoms with E-state index in [0.717, 1.165) is 0 Å². The van der Waals surface area contributed by atoms with Gasteiger partial charge in [0.2, 0.25) is 5.28 Å². The van der Waals surface area contributed by atoms with Gasteiger partial charge in [0, 0.05) is 18.2 Å². The first-order valence-electron chi connectivity index (χ1n) is 9.56. The Morgan fingerprint density at radius 1 is 1.23 bits per heavy atom. The largest absolute Gasteiger partial charge is 0.497 e. The van der Waals surface area contributed by atoms with Crippen molar-refractivity contribution in [2.24, 2.45) is 0 Å². The summed E-state index contributed by atoms with van der Waals surface area (Å²) in [7, 11) is 1.56. The quantitative estimate of drug-likeness (QED) is 0.404. The average Bonchev–Trinajstić information content (AvgIpc) is 2.91. The molecule has 1 amide bonds. The van der Waals surface area contributed by atoms with Crippen molar-refractivity contribution >= 4 is 40.3 Å². The summed E-state index contributed by atoms with van der Waals surface area (Å²) in [4.78, 5) is 20.2. The minimum absolute atomic E-state index is 0.0568. The zero-order valence-corrected chi connectivity index (χ0v) is 19.3. The molecule has 0 spiro atoms. The minimum atomic E-state index is -0.646. The van der Waals surface area contributed by atoms with Crippen molar-refractivity contribution in [1.82, 2.24) is 19.9 Å². The van der Waals surface area contributed by atoms with E-state index >= 15 is 4.39 Å². The van der Waals surface area contributed by atoms with Crippen LogP contribution in [0.4, 0.5) is 9.18 Å². The van der Waals surface area contributed by atoms with E-state index in [4.69, 9.17) is 32.7 Å². The molecule has 2 heterocycles. The third-order valence-corrected chi connectivity index (χ3v) is 4.81. The second-order valence-corrected chi connectivity index (χ2v) is 8.72. The lowest BCUT2D eigenvalue weighted by atomic mass is 10.1. The van der Waals surface area contributed by atoms with Crippen LogP contribution in [0.15, 0.2) is 24.3 Å². The van der Waals surface area contributed by atoms with Gasteiger partial charge in [-0.05, 0) is 63.6 Å². The van der Waals surface area contributed by atoms with E-state index < -0.39 is 23.6 Å². The number of amides is 1. The Morgan fingerprint density at radius 2 is 1.87 bits per heavy atom. The SMILES string of the molecule is COc1ccc(-n2c(C[C@H](C)NC(=O)OC(C)(C)C)c(F)c3c(Cl)nc(Cl)nc32)cc1. The Hall–Kier alpha value is -2.58. The molecule has 3 rings (SSSR count). The number of halogens is 3. The summed E-state index contributed by atoms with van der Waals surface area (Å²) >= 11 is 12.2. The number of aromatic nitrogens is 3. The van der Waals surface area contributed by atoms with Crippen LogP contribution in [0.3, 0.4) is 0 Å². The standard InChI is InChI=1S/C21H23Cl2FN4O3/c1-11(25-20(29)31-21(2,3)4)10-14-16(24)15-17(22)26-19(23)27-18(15)28(14)12-6-8-13(30-5)9-7-12/h6-9,11H,10H2,1-5H3,(H,25,29)/t11-/m0/s1. The summed E-state index contributed by atoms with van der Waals surface area (Å²) in [6.07, 6.45) is -0.449. The Kier molecular flexibility index (Phi) is 6.62. The van der Waals surface area contributed by atoms with Gasteiger partial charge in [0.15, 0.2) is 11.5 Å². The summed E-state index contributed by atoms with van der Waals surface area (Å²) in [5, 5.41) is 2.59. The molecule has 7 nitrogen and oxygen atoms in total. The molecule has 10 heteroatoms. The molecule has 0 bridgehead atoms. The van der Waals surface area contributed by atoms with E-state index in [2.05, 4.69) is 15.3 Å². The van der Waals surface area contributed by atoms with Crippen LogP contribution < -0.4 is 10.1 Å². The molecule has 2 aromatic heterocycles. The van der Waals surface area contributed by atoms with Gasteiger partial charge < -0.3 is 14.8 Å². The van der Waals surface area contributed by atoms with Crippen LogP contribution in [-0.2, 0) is 11.2 Å². The number of alkyl carbamates (subject to hydrolysis) is 1. The number of nitrogens with one attached hydrogen (secondary N) is 1. The van der Waals surface area contributed by atoms with Crippen molar-refractivity contribution in [3.05, 3.63) is 46.2 Å². The third-order valence-electron chi connectivity index (χ3n) is 4.37. The molecule has 0 aliphatic rings. The van der Waals surface area contributed by atoms with Gasteiger partial charge in [-0.1, -0.05) is 11.6 Å². The number of hydrogen-bond acceptors (Lipinski definition) is 5. The fraction of sp³-hybridized carbons (Fsp3) is 0.381. The Balaban J connectivity index is 2.06. The molecule has 0 aliphatic carbocycles. The molecular formula is C21H23Cl2FN4O3. The second-order valence-electron chi connectivity index (χ2n) is 8.03. The minimum Gasteiger partial charge on any atom is -0.497 e. The summed E-state index contributed by atoms with van der Waals surface area (Å²) < 4.78 is 27.6. The van der Waals surface area contributed by atoms with Crippen molar-refractivity contribution in [3.63, 3.8) is 0 Å². The van der Waals surface area contributed by atoms with Gasteiger partial charge in [-0.15, -0.1) is 0 Å². The molecule has 31 heavy (non-hydrogen) atoms. The maximum atomic E-state index is 15.5. The maximum Gasteiger partial charge on any atom is 0.407 e. The lowest BCUT2D eigenvalue weighted by Gasteiger charge is -2.22. The fourth-order valence-corrected chi connectivity index (χ4v) is 3.61. The van der Waals surface area contributed by atoms with E-state index in [0.29, 0.717) is 11.4 Å². The van der Waals surface area contributed by atoms with Gasteiger partial charge in [-0.3, -0.25) is 4.57 Å². The number of nitrogens with zero attached hydrogens (tertiary/aromatic N) is 3. The van der Waals surface area contributed by atoms with Crippen LogP contribution in [0.1, 0.15) is 33.4 Å². The highest BCUT2D eigenvalue weighted by atomic mass is 35.5. The molecular weight excluding hydrogens is 446 g/mol. The topological polar surface area (TPSA) is 78.3 Å². The molecule has 0 radical (unpaired) electrons. The summed E-state index contributed by atoms with van der Waals surface area (Å²) in [6.45, 7) is 7.05. The highest BCUT2D eigenvalue weighted by molar-refractivity contribution is 6.35. The number of rotatable bonds is 5. The monoisotopic (exact) mass is 468 g/mol. The highest BCUT2D eigenvalue weighted by Gasteiger charge is 2.26. The first kappa shape index (κ1) is 23.1. The first-order chi connectivity index (χ1) is 14.5. The second kappa shape index (κ2) is 8.88. The normalized spacial score (nSPS) is 12.6. The number of methoxy groups -OCH3 is 1. The number of ether oxygens (including phenoxy) is 2. The van der Waals surface area contributed by atoms with Crippen LogP contribution in [0.2, 0.25) is 10.4 Å². The van der Waals surface area contributed by atoms with Gasteiger partial charge in [0.25, 0.3) is 0 Å². The van der Waals surface area contributed by atoms with Gasteiger partial charge >= 0.3 is 6.09 Å². The lowest BCUT2D eigenvalue weighted by molar-refractivity contribution is 0.0508. The van der Waals surface area contributed by atoms with Gasteiger partial charge in [0.05, 0.1) is 18.2 Å². The highest BCUT2D eigenvalue weighted by Crippen LogP contribution is 2.33. The van der Waals surface area contributed by atoms with E-state index in [1.165, 1.54) is 0 Å². The first-order valence-corrected chi connectivity index (χ1v) is 10.3. The maximum absolute atomic E-state index is 15.5. The Labute approximate surface area is 189 Å². The van der Waals surface area contributed by atoms with E-state index in [-0.39, 0.29) is 33.6 Å². The van der Waals surface area contributed by atoms with Crippen molar-refractivity contribution in [1.29, 1.82) is 0 Å². The average molecular weight is 469 g/mol. The third kappa shape index (κ3) is 5.19. The predicted octanol–water partition coefficient (Wildman–Crippen LogP) is 5.33. The number of fused-ring (bicyclic) bond motifs is 1. The molecule has 0 aliphatic heterocycles. The number of carbonyl (C=O) groups is 1. The molecule has 1 N–H and O–H groups in total. The van der Waals surface area contributed by atoms with E-state index in [1.54, 1.807) is 63.6 Å². The molecule has 166 valence electrons. The van der Waals surface area contributed by atoms with E-state index in [9.17, 15) is 4.79 Å². The fourth-order valence-electron chi connectivity index (χ4n) is 3.16. The summed E-state index contributed by atoms with van der Waals surface area (Å²) in [5.74, 6) is 0.0678. The number of hydrogen-bond donors (Lipinski definition) is 1. The number of carbonyl (C=O) groups excluding carboxylic acids is 1. The van der Waals surface area contributed by atoms with Gasteiger partial charge in [-0.25, -0.2) is 14.2 Å². The Bertz CT molecular complexity index is 1110. The van der Waals surface area contributed by atoms with Crippen LogP contribution in [0, 0.1) is 5.82 Å². The molecule has 1 atom stereocenters. The predicted molar refractivity (Wildman–Crippen MR) is 118 cm³/mol. The van der Waals surface area contributed by atoms with Crippen molar-refractivity contribution in [2.45, 2.75) is 45.8 Å². The molecule has 3 aromatic rings. The summed E-state index contributed by atoms with van der Waals surface area (Å²) in [6, 6.07) is 6.56. The zero-order chi connectivity index (χ0) is 22.9. The summed E-state index contributed by atoms with van der Waals surface area (Å²) in [5.41, 5.74) is 0.474. The van der Waals surface area contributed by atoms with Crippen LogP contribution >= 0.6 is 23.2 Å². The van der Waals surface area contributed by atoms with Crippen LogP contribution in [0.25, 0.3) is 16.7 Å². The van der Waals surface area contributed by atoms with Gasteiger partial charge in [0.1, 0.15) is 16.5 Å². The van der Waals surface area contributed by atoms with Crippen molar-refractivity contribution in [3.8, 4) is 11.4 Å². The van der Waals surface area contributed by atoms with Crippen LogP contribution in [-0.4, -0.2) is 39.4 Å². The van der Waals surface area contributed by atoms with E-state index in [1.807, 2.05) is 0 Å². The Morgan fingerprint density at radius 3 is 2.45 bits per heavy atom. The molecule has 0 saturated carbocycles. The lowest BCUT2D eigenvalue weighted by Crippen LogP contribution is -2.39. The molecule has 0 saturated heterocycles. The molecule has 0 unspecified atom stereocenters. The van der Waals surface area contributed by atoms with Gasteiger partial charge in [-0.2, -0.15) is 4.98 Å². The zero-order valence-electron chi connectivity index (χ0n) is 17.8. The van der Waals surface area contributed by atoms with Crippen molar-refractivity contribution < 1.29 is 18.7 Å². The number of benzene rings is 1.